The second kappa shape index (κ2) is 48.0. The molecule has 0 radical (unpaired) electrons. The van der Waals surface area contributed by atoms with E-state index in [0.717, 1.165) is 72.6 Å². The molecule has 114 heavy (non-hydrogen) atoms. The van der Waals surface area contributed by atoms with E-state index < -0.39 is 108 Å². The number of aliphatic hydroxyl groups excluding tert-OH is 1. The van der Waals surface area contributed by atoms with Gasteiger partial charge in [-0.3, -0.25) is 62.5 Å². The summed E-state index contributed by atoms with van der Waals surface area (Å²) in [7, 11) is 3.81. The number of likely N-dealkylation sites (N-methyl/N-ethyl adjacent to an activating group) is 2. The molecular formula is C82H124N10O20S2. The molecule has 6 amide bonds. The van der Waals surface area contributed by atoms with Crippen LogP contribution in [0.2, 0.25) is 0 Å². The van der Waals surface area contributed by atoms with Crippen LogP contribution in [0.5, 0.6) is 11.5 Å². The van der Waals surface area contributed by atoms with E-state index in [2.05, 4.69) is 31.2 Å². The van der Waals surface area contributed by atoms with Gasteiger partial charge in [0.15, 0.2) is 18.9 Å². The Labute approximate surface area is 678 Å². The van der Waals surface area contributed by atoms with Gasteiger partial charge in [0, 0.05) is 68.0 Å². The zero-order valence-electron chi connectivity index (χ0n) is 68.9. The summed E-state index contributed by atoms with van der Waals surface area (Å²) in [5.41, 5.74) is 1.65. The fourth-order valence-electron chi connectivity index (χ4n) is 14.0. The molecule has 634 valence electrons. The van der Waals surface area contributed by atoms with Crippen molar-refractivity contribution in [2.24, 2.45) is 35.5 Å². The van der Waals surface area contributed by atoms with Crippen LogP contribution in [-0.4, -0.2) is 223 Å². The van der Waals surface area contributed by atoms with Gasteiger partial charge in [-0.2, -0.15) is 0 Å². The first-order valence-electron chi connectivity index (χ1n) is 39.9. The molecule has 2 aromatic carbocycles. The molecule has 4 heterocycles. The molecule has 9 N–H and O–H groups in total. The van der Waals surface area contributed by atoms with Crippen LogP contribution >= 0.6 is 22.7 Å². The van der Waals surface area contributed by atoms with Gasteiger partial charge in [0.2, 0.25) is 23.6 Å². The number of nitrogens with one attached hydrogen (secondary N) is 4. The summed E-state index contributed by atoms with van der Waals surface area (Å²) in [4.78, 5) is 161. The molecule has 2 aliphatic heterocycles. The average molecular weight is 1630 g/mol. The number of aromatic nitrogens is 2. The van der Waals surface area contributed by atoms with Crippen molar-refractivity contribution >= 4 is 88.0 Å². The number of phenolic OH excluding ortho intramolecular Hbond substituents is 2. The lowest BCUT2D eigenvalue weighted by Crippen LogP contribution is -2.59. The van der Waals surface area contributed by atoms with E-state index in [1.807, 2.05) is 86.2 Å². The van der Waals surface area contributed by atoms with Crippen LogP contribution in [0.1, 0.15) is 234 Å². The summed E-state index contributed by atoms with van der Waals surface area (Å²) >= 11 is 2.21. The van der Waals surface area contributed by atoms with E-state index in [1.54, 1.807) is 38.1 Å². The highest BCUT2D eigenvalue weighted by Crippen LogP contribution is 2.35. The number of piperidine rings is 2. The summed E-state index contributed by atoms with van der Waals surface area (Å²) < 4.78 is 23.0. The molecule has 30 nitrogen and oxygen atoms in total. The summed E-state index contributed by atoms with van der Waals surface area (Å²) in [6, 6.07) is 7.90. The normalized spacial score (nSPS) is 17.7. The second-order valence-corrected chi connectivity index (χ2v) is 32.7. The van der Waals surface area contributed by atoms with Gasteiger partial charge in [-0.1, -0.05) is 126 Å². The number of hydrogen-bond donors (Lipinski definition) is 9. The van der Waals surface area contributed by atoms with E-state index in [4.69, 9.17) is 18.9 Å². The van der Waals surface area contributed by atoms with Gasteiger partial charge in [0.05, 0.1) is 37.1 Å². The van der Waals surface area contributed by atoms with Crippen LogP contribution in [0.4, 0.5) is 0 Å². The predicted molar refractivity (Wildman–Crippen MR) is 429 cm³/mol. The minimum atomic E-state index is -1.01. The SMILES string of the molecule is CCC(C)[C@H](NC(=O)[C@H]1CCCCN1C)C(=O)N(COCCO)[C@H](C[C@@H](OC(C)=O)c1nc(C(=O)N[C@@H](Cc2ccc(O)cc2)C[C@H](C)C(=O)O)cs1)C(C)C.CCCC(=O)OCN(C(=O)[C@@H](NC(=O)[C@H]1CCCCN1C)C(C)CC)[C@H](C[C@@H](OC(C)=O)c1nc(C(=O)N[C@@H](Cc2ccc(O)cc2)C[C@H](C)C(=O)O)cs1)C(C)C. The Kier molecular flexibility index (Phi) is 40.4. The molecule has 14 atom stereocenters. The lowest BCUT2D eigenvalue weighted by molar-refractivity contribution is -0.161. The summed E-state index contributed by atoms with van der Waals surface area (Å²) in [6.45, 7) is 23.5. The van der Waals surface area contributed by atoms with Crippen molar-refractivity contribution in [3.63, 3.8) is 0 Å². The first-order chi connectivity index (χ1) is 54.0. The number of benzene rings is 2. The highest BCUT2D eigenvalue weighted by molar-refractivity contribution is 7.10. The Morgan fingerprint density at radius 1 is 0.553 bits per heavy atom. The first kappa shape index (κ1) is 95.9. The number of esters is 3. The quantitative estimate of drug-likeness (QED) is 0.00860. The van der Waals surface area contributed by atoms with E-state index in [1.165, 1.54) is 58.7 Å². The molecular weight excluding hydrogens is 1510 g/mol. The monoisotopic (exact) mass is 1630 g/mol. The highest BCUT2D eigenvalue weighted by Gasteiger charge is 2.42. The van der Waals surface area contributed by atoms with Crippen LogP contribution in [0.3, 0.4) is 0 Å². The average Bonchev–Trinajstić information content (AvgIpc) is 1.09. The summed E-state index contributed by atoms with van der Waals surface area (Å²) in [5, 5.41) is 63.7. The fourth-order valence-corrected chi connectivity index (χ4v) is 15.6. The van der Waals surface area contributed by atoms with Crippen LogP contribution in [0.15, 0.2) is 59.3 Å². The van der Waals surface area contributed by atoms with Crippen molar-refractivity contribution in [1.82, 2.24) is 50.8 Å². The molecule has 32 heteroatoms. The van der Waals surface area contributed by atoms with Crippen molar-refractivity contribution in [2.75, 3.05) is 53.9 Å². The molecule has 2 fully saturated rings. The van der Waals surface area contributed by atoms with Gasteiger partial charge >= 0.3 is 29.8 Å². The molecule has 4 aromatic rings. The Balaban J connectivity index is 0.000000407. The maximum Gasteiger partial charge on any atom is 0.307 e. The zero-order valence-corrected chi connectivity index (χ0v) is 70.6. The largest absolute Gasteiger partial charge is 0.508 e. The maximum absolute atomic E-state index is 14.7. The van der Waals surface area contributed by atoms with Crippen LogP contribution in [0.25, 0.3) is 0 Å². The first-order valence-corrected chi connectivity index (χ1v) is 41.6. The molecule has 0 saturated carbocycles. The van der Waals surface area contributed by atoms with E-state index >= 15 is 0 Å². The smallest absolute Gasteiger partial charge is 0.307 e. The van der Waals surface area contributed by atoms with Crippen molar-refractivity contribution in [3.05, 3.63) is 91.8 Å². The van der Waals surface area contributed by atoms with E-state index in [9.17, 15) is 78.3 Å². The number of phenols is 2. The van der Waals surface area contributed by atoms with Gasteiger partial charge in [-0.05, 0) is 144 Å². The third-order valence-electron chi connectivity index (χ3n) is 21.1. The van der Waals surface area contributed by atoms with Crippen molar-refractivity contribution in [3.8, 4) is 11.5 Å². The molecule has 2 unspecified atom stereocenters. The summed E-state index contributed by atoms with van der Waals surface area (Å²) in [6.07, 6.45) is 6.11. The van der Waals surface area contributed by atoms with Gasteiger partial charge in [-0.15, -0.1) is 22.7 Å². The Hall–Kier alpha value is -8.69. The number of carboxylic acids is 2. The van der Waals surface area contributed by atoms with E-state index in [0.29, 0.717) is 55.0 Å². The van der Waals surface area contributed by atoms with Crippen LogP contribution < -0.4 is 21.3 Å². The Bertz CT molecular complexity index is 3750. The van der Waals surface area contributed by atoms with Crippen LogP contribution in [-0.2, 0) is 74.9 Å². The number of amides is 6. The van der Waals surface area contributed by atoms with Crippen molar-refractivity contribution < 1.29 is 97.2 Å². The lowest BCUT2D eigenvalue weighted by atomic mass is 9.92. The van der Waals surface area contributed by atoms with Crippen molar-refractivity contribution in [1.29, 1.82) is 0 Å². The number of rotatable bonds is 44. The number of ether oxygens (including phenoxy) is 4. The number of carbonyl (C=O) groups is 11. The third-order valence-corrected chi connectivity index (χ3v) is 23.0. The topological polar surface area (TPSA) is 413 Å². The maximum atomic E-state index is 14.7. The molecule has 0 bridgehead atoms. The predicted octanol–water partition coefficient (Wildman–Crippen LogP) is 9.59. The Morgan fingerprint density at radius 2 is 0.939 bits per heavy atom. The van der Waals surface area contributed by atoms with Gasteiger partial charge in [-0.25, -0.2) is 9.97 Å². The molecule has 2 aliphatic rings. The number of aromatic hydroxyl groups is 2. The number of carbonyl (C=O) groups excluding carboxylic acids is 9. The minimum absolute atomic E-state index is 0.0286. The number of hydrogen-bond acceptors (Lipinski definition) is 24. The number of thiazole rings is 2. The second-order valence-electron chi connectivity index (χ2n) is 31.0. The highest BCUT2D eigenvalue weighted by atomic mass is 32.1. The lowest BCUT2D eigenvalue weighted by Gasteiger charge is -2.39. The Morgan fingerprint density at radius 3 is 1.27 bits per heavy atom. The number of aliphatic hydroxyl groups is 1. The van der Waals surface area contributed by atoms with Crippen molar-refractivity contribution in [2.45, 2.75) is 253 Å². The fraction of sp³-hybridized carbons (Fsp3) is 0.646. The molecule has 2 aromatic heterocycles. The van der Waals surface area contributed by atoms with Gasteiger partial charge < -0.3 is 75.5 Å². The van der Waals surface area contributed by atoms with Gasteiger partial charge in [0.1, 0.15) is 51.7 Å². The van der Waals surface area contributed by atoms with Gasteiger partial charge in [0.25, 0.3) is 11.8 Å². The molecule has 2 saturated heterocycles. The minimum Gasteiger partial charge on any atom is -0.508 e. The standard InChI is InChI=1S/C42H63N5O10S.C40H61N5O10S/c1-9-13-36(50)56-24-47(41(53)37(26(5)10-2)45-39(52)33-14-11-12-19-46(33)8)34(25(3)4)22-35(57-28(7)48)40-44-32(23-58-40)38(51)43-30(20-27(6)42(54)55)21-29-15-17-31(49)18-16-29;1-8-25(4)35(43-37(50)32-11-9-10-16-44(32)7)39(51)45(23-54-18-17-46)33(24(2)3)21-34(55-27(6)47)38-42-31(22-56-38)36(49)41-29(19-26(5)40(52)53)20-28-12-14-30(48)15-13-28/h15-18,23,25-27,30,33-35,37,49H,9-14,19-22,24H2,1-8H3,(H,43,51)(H,45,52)(H,54,55);12-15,22,24-26,29,32-35,46,48H,8-11,16-21,23H2,1-7H3,(H,41,49)(H,43,50)(H,52,53)/t26?,27-,30+,33+,34+,35+,37-;25?,26-,29+,32+,33+,34+,35-/m00/s1. The number of aliphatic carboxylic acids is 2. The molecule has 0 aliphatic carbocycles. The third kappa shape index (κ3) is 30.5. The molecule has 0 spiro atoms. The summed E-state index contributed by atoms with van der Waals surface area (Å²) in [5.74, 6) is -8.34. The van der Waals surface area contributed by atoms with Crippen LogP contribution in [0, 0.1) is 35.5 Å². The number of likely N-dealkylation sites (tertiary alicyclic amines) is 2. The number of carboxylic acid groups (broad SMARTS) is 2. The zero-order chi connectivity index (χ0) is 84.6. The molecule has 6 rings (SSSR count). The van der Waals surface area contributed by atoms with E-state index in [-0.39, 0.29) is 135 Å². The number of nitrogens with zero attached hydrogens (tertiary/aromatic N) is 6.